The van der Waals surface area contributed by atoms with Gasteiger partial charge in [0.15, 0.2) is 0 Å². The molecule has 0 radical (unpaired) electrons. The number of thioether (sulfide) groups is 1. The van der Waals surface area contributed by atoms with Gasteiger partial charge in [-0.25, -0.2) is 0 Å². The highest BCUT2D eigenvalue weighted by molar-refractivity contribution is 7.99. The third kappa shape index (κ3) is 4.62. The van der Waals surface area contributed by atoms with E-state index in [0.29, 0.717) is 5.41 Å². The molecule has 0 N–H and O–H groups in total. The Labute approximate surface area is 115 Å². The van der Waals surface area contributed by atoms with Crippen molar-refractivity contribution in [2.45, 2.75) is 33.7 Å². The second-order valence-electron chi connectivity index (χ2n) is 6.28. The first-order valence-corrected chi connectivity index (χ1v) is 7.92. The zero-order valence-electron chi connectivity index (χ0n) is 11.8. The van der Waals surface area contributed by atoms with Gasteiger partial charge in [-0.05, 0) is 23.5 Å². The summed E-state index contributed by atoms with van der Waals surface area (Å²) in [5, 5.41) is 0. The first-order chi connectivity index (χ1) is 8.53. The van der Waals surface area contributed by atoms with Crippen molar-refractivity contribution in [3.8, 4) is 0 Å². The van der Waals surface area contributed by atoms with Crippen molar-refractivity contribution >= 4 is 11.8 Å². The largest absolute Gasteiger partial charge is 0.297 e. The molecule has 2 nitrogen and oxygen atoms in total. The highest BCUT2D eigenvalue weighted by Gasteiger charge is 2.13. The number of pyridine rings is 1. The predicted molar refractivity (Wildman–Crippen MR) is 80.0 cm³/mol. The lowest BCUT2D eigenvalue weighted by Gasteiger charge is -2.26. The molecule has 3 heteroatoms. The van der Waals surface area contributed by atoms with Crippen molar-refractivity contribution in [1.29, 1.82) is 0 Å². The van der Waals surface area contributed by atoms with Crippen molar-refractivity contribution in [1.82, 2.24) is 9.88 Å². The van der Waals surface area contributed by atoms with Gasteiger partial charge < -0.3 is 0 Å². The Kier molecular flexibility index (Phi) is 4.68. The van der Waals surface area contributed by atoms with E-state index in [1.54, 1.807) is 0 Å². The SMILES string of the molecule is CC(C)(C)Cc1ccc(CN2CCSCC2)cn1. The van der Waals surface area contributed by atoms with Gasteiger partial charge in [0.2, 0.25) is 0 Å². The average molecular weight is 264 g/mol. The van der Waals surface area contributed by atoms with Gasteiger partial charge in [0.05, 0.1) is 0 Å². The zero-order valence-corrected chi connectivity index (χ0v) is 12.6. The topological polar surface area (TPSA) is 16.1 Å². The number of nitrogens with zero attached hydrogens (tertiary/aromatic N) is 2. The highest BCUT2D eigenvalue weighted by atomic mass is 32.2. The normalized spacial score (nSPS) is 17.9. The summed E-state index contributed by atoms with van der Waals surface area (Å²) in [5.41, 5.74) is 2.87. The Morgan fingerprint density at radius 2 is 1.94 bits per heavy atom. The monoisotopic (exact) mass is 264 g/mol. The van der Waals surface area contributed by atoms with E-state index in [4.69, 9.17) is 0 Å². The summed E-state index contributed by atoms with van der Waals surface area (Å²) in [4.78, 5) is 7.12. The maximum Gasteiger partial charge on any atom is 0.0409 e. The number of hydrogen-bond donors (Lipinski definition) is 0. The van der Waals surface area contributed by atoms with Crippen molar-refractivity contribution < 1.29 is 0 Å². The molecule has 0 amide bonds. The molecule has 0 saturated carbocycles. The molecule has 1 aliphatic heterocycles. The van der Waals surface area contributed by atoms with Crippen molar-refractivity contribution in [2.24, 2.45) is 5.41 Å². The number of aromatic nitrogens is 1. The van der Waals surface area contributed by atoms with E-state index in [0.717, 1.165) is 13.0 Å². The quantitative estimate of drug-likeness (QED) is 0.834. The van der Waals surface area contributed by atoms with Crippen LogP contribution in [0.5, 0.6) is 0 Å². The Bertz CT molecular complexity index is 361. The van der Waals surface area contributed by atoms with Gasteiger partial charge in [-0.2, -0.15) is 11.8 Å². The van der Waals surface area contributed by atoms with Gasteiger partial charge in [-0.3, -0.25) is 9.88 Å². The van der Waals surface area contributed by atoms with Gasteiger partial charge in [-0.15, -0.1) is 0 Å². The van der Waals surface area contributed by atoms with Crippen LogP contribution in [0.2, 0.25) is 0 Å². The van der Waals surface area contributed by atoms with E-state index in [-0.39, 0.29) is 0 Å². The van der Waals surface area contributed by atoms with Crippen LogP contribution in [0, 0.1) is 5.41 Å². The molecule has 2 rings (SSSR count). The summed E-state index contributed by atoms with van der Waals surface area (Å²) in [7, 11) is 0. The van der Waals surface area contributed by atoms with Crippen LogP contribution in [0.4, 0.5) is 0 Å². The van der Waals surface area contributed by atoms with E-state index < -0.39 is 0 Å². The zero-order chi connectivity index (χ0) is 13.0. The standard InChI is InChI=1S/C15H24N2S/c1-15(2,3)10-14-5-4-13(11-16-14)12-17-6-8-18-9-7-17/h4-5,11H,6-10,12H2,1-3H3. The lowest BCUT2D eigenvalue weighted by atomic mass is 9.90. The fourth-order valence-corrected chi connectivity index (χ4v) is 3.19. The molecule has 1 fully saturated rings. The van der Waals surface area contributed by atoms with Gasteiger partial charge in [0.25, 0.3) is 0 Å². The molecule has 0 aliphatic carbocycles. The van der Waals surface area contributed by atoms with Crippen LogP contribution in [-0.4, -0.2) is 34.5 Å². The van der Waals surface area contributed by atoms with Gasteiger partial charge in [0, 0.05) is 43.0 Å². The Morgan fingerprint density at radius 1 is 1.22 bits per heavy atom. The second kappa shape index (κ2) is 6.07. The smallest absolute Gasteiger partial charge is 0.0409 e. The third-order valence-electron chi connectivity index (χ3n) is 3.11. The molecule has 18 heavy (non-hydrogen) atoms. The molecule has 0 unspecified atom stereocenters. The lowest BCUT2D eigenvalue weighted by Crippen LogP contribution is -2.32. The van der Waals surface area contributed by atoms with Crippen LogP contribution in [-0.2, 0) is 13.0 Å². The van der Waals surface area contributed by atoms with Gasteiger partial charge in [-0.1, -0.05) is 26.8 Å². The predicted octanol–water partition coefficient (Wildman–Crippen LogP) is 3.22. The molecular formula is C15H24N2S. The van der Waals surface area contributed by atoms with Crippen molar-refractivity contribution in [2.75, 3.05) is 24.6 Å². The van der Waals surface area contributed by atoms with E-state index >= 15 is 0 Å². The van der Waals surface area contributed by atoms with Crippen LogP contribution in [0.25, 0.3) is 0 Å². The summed E-state index contributed by atoms with van der Waals surface area (Å²) in [6.07, 6.45) is 3.11. The molecule has 1 aliphatic rings. The van der Waals surface area contributed by atoms with E-state index in [9.17, 15) is 0 Å². The maximum atomic E-state index is 4.60. The highest BCUT2D eigenvalue weighted by Crippen LogP contribution is 2.19. The molecule has 0 spiro atoms. The minimum Gasteiger partial charge on any atom is -0.297 e. The van der Waals surface area contributed by atoms with Gasteiger partial charge in [0.1, 0.15) is 0 Å². The minimum absolute atomic E-state index is 0.318. The van der Waals surface area contributed by atoms with Crippen molar-refractivity contribution in [3.05, 3.63) is 29.6 Å². The minimum atomic E-state index is 0.318. The number of hydrogen-bond acceptors (Lipinski definition) is 3. The van der Waals surface area contributed by atoms with Crippen LogP contribution in [0.1, 0.15) is 32.0 Å². The first-order valence-electron chi connectivity index (χ1n) is 6.77. The molecular weight excluding hydrogens is 240 g/mol. The van der Waals surface area contributed by atoms with Crippen LogP contribution >= 0.6 is 11.8 Å². The van der Waals surface area contributed by atoms with E-state index in [1.165, 1.54) is 35.9 Å². The Hall–Kier alpha value is -0.540. The van der Waals surface area contributed by atoms with Crippen molar-refractivity contribution in [3.63, 3.8) is 0 Å². The number of rotatable bonds is 3. The molecule has 0 bridgehead atoms. The first kappa shape index (κ1) is 13.9. The summed E-state index contributed by atoms with van der Waals surface area (Å²) in [6.45, 7) is 10.3. The van der Waals surface area contributed by atoms with Crippen LogP contribution < -0.4 is 0 Å². The summed E-state index contributed by atoms with van der Waals surface area (Å²) >= 11 is 2.06. The van der Waals surface area contributed by atoms with E-state index in [1.807, 2.05) is 0 Å². The average Bonchev–Trinajstić information content (AvgIpc) is 2.31. The molecule has 0 atom stereocenters. The Morgan fingerprint density at radius 3 is 2.50 bits per heavy atom. The molecule has 1 aromatic rings. The molecule has 2 heterocycles. The summed E-state index contributed by atoms with van der Waals surface area (Å²) < 4.78 is 0. The molecule has 1 saturated heterocycles. The molecule has 100 valence electrons. The van der Waals surface area contributed by atoms with Crippen LogP contribution in [0.15, 0.2) is 18.3 Å². The molecule has 1 aromatic heterocycles. The summed E-state index contributed by atoms with van der Waals surface area (Å²) in [5.74, 6) is 2.55. The lowest BCUT2D eigenvalue weighted by molar-refractivity contribution is 0.294. The fourth-order valence-electron chi connectivity index (χ4n) is 2.21. The Balaban J connectivity index is 1.90. The van der Waals surface area contributed by atoms with Crippen LogP contribution in [0.3, 0.4) is 0 Å². The maximum absolute atomic E-state index is 4.60. The van der Waals surface area contributed by atoms with E-state index in [2.05, 4.69) is 60.7 Å². The molecule has 0 aromatic carbocycles. The van der Waals surface area contributed by atoms with Gasteiger partial charge >= 0.3 is 0 Å². The third-order valence-corrected chi connectivity index (χ3v) is 4.05. The second-order valence-corrected chi connectivity index (χ2v) is 7.51. The summed E-state index contributed by atoms with van der Waals surface area (Å²) in [6, 6.07) is 4.44. The fraction of sp³-hybridized carbons (Fsp3) is 0.667.